The zero-order valence-electron chi connectivity index (χ0n) is 11.6. The molecule has 0 bridgehead atoms. The van der Waals surface area contributed by atoms with Crippen molar-refractivity contribution in [3.8, 4) is 5.75 Å². The molecule has 1 heterocycles. The Morgan fingerprint density at radius 2 is 1.80 bits per heavy atom. The first-order valence-electron chi connectivity index (χ1n) is 7.19. The van der Waals surface area contributed by atoms with Crippen LogP contribution in [0.2, 0.25) is 0 Å². The van der Waals surface area contributed by atoms with E-state index in [1.807, 2.05) is 12.1 Å². The number of nitrogens with zero attached hydrogens (tertiary/aromatic N) is 1. The van der Waals surface area contributed by atoms with Crippen LogP contribution in [-0.2, 0) is 0 Å². The third-order valence-electron chi connectivity index (χ3n) is 3.52. The predicted molar refractivity (Wildman–Crippen MR) is 83.7 cm³/mol. The summed E-state index contributed by atoms with van der Waals surface area (Å²) in [7, 11) is 0. The van der Waals surface area contributed by atoms with Gasteiger partial charge in [-0.05, 0) is 30.7 Å². The minimum absolute atomic E-state index is 0.805. The molecule has 1 aliphatic rings. The molecular formula is C17H20N2O. The Hall–Kier alpha value is -2.16. The second-order valence-corrected chi connectivity index (χ2v) is 4.95. The molecule has 0 saturated heterocycles. The number of benzene rings is 2. The van der Waals surface area contributed by atoms with Gasteiger partial charge < -0.3 is 15.0 Å². The largest absolute Gasteiger partial charge is 0.491 e. The van der Waals surface area contributed by atoms with Crippen molar-refractivity contribution in [2.45, 2.75) is 6.42 Å². The fourth-order valence-electron chi connectivity index (χ4n) is 2.52. The molecule has 0 saturated carbocycles. The van der Waals surface area contributed by atoms with E-state index in [9.17, 15) is 0 Å². The molecule has 3 rings (SSSR count). The maximum absolute atomic E-state index is 5.78. The number of anilines is 2. The zero-order chi connectivity index (χ0) is 13.6. The smallest absolute Gasteiger partial charge is 0.142 e. The molecule has 104 valence electrons. The molecule has 0 spiro atoms. The van der Waals surface area contributed by atoms with E-state index in [4.69, 9.17) is 4.74 Å². The zero-order valence-corrected chi connectivity index (χ0v) is 11.6. The summed E-state index contributed by atoms with van der Waals surface area (Å²) in [6.45, 7) is 3.76. The van der Waals surface area contributed by atoms with Gasteiger partial charge in [-0.25, -0.2) is 0 Å². The van der Waals surface area contributed by atoms with E-state index in [0.29, 0.717) is 0 Å². The Balaban J connectivity index is 1.62. The van der Waals surface area contributed by atoms with Gasteiger partial charge in [-0.2, -0.15) is 0 Å². The molecule has 0 aliphatic carbocycles. The summed E-state index contributed by atoms with van der Waals surface area (Å²) in [5, 5.41) is 3.46. The number of hydrogen-bond acceptors (Lipinski definition) is 3. The maximum Gasteiger partial charge on any atom is 0.142 e. The van der Waals surface area contributed by atoms with Gasteiger partial charge >= 0.3 is 0 Å². The lowest BCUT2D eigenvalue weighted by Gasteiger charge is -2.24. The van der Waals surface area contributed by atoms with Crippen LogP contribution in [0.4, 0.5) is 11.4 Å². The maximum atomic E-state index is 5.78. The van der Waals surface area contributed by atoms with Crippen LogP contribution in [0.25, 0.3) is 0 Å². The second-order valence-electron chi connectivity index (χ2n) is 4.95. The van der Waals surface area contributed by atoms with Crippen molar-refractivity contribution in [1.82, 2.24) is 0 Å². The second kappa shape index (κ2) is 6.33. The van der Waals surface area contributed by atoms with E-state index >= 15 is 0 Å². The summed E-state index contributed by atoms with van der Waals surface area (Å²) in [6, 6.07) is 18.6. The summed E-state index contributed by atoms with van der Waals surface area (Å²) >= 11 is 0. The van der Waals surface area contributed by atoms with Crippen LogP contribution in [-0.4, -0.2) is 26.2 Å². The van der Waals surface area contributed by atoms with Crippen LogP contribution in [0, 0.1) is 0 Å². The predicted octanol–water partition coefficient (Wildman–Crippen LogP) is 3.39. The molecule has 0 amide bonds. The molecule has 2 aromatic carbocycles. The van der Waals surface area contributed by atoms with Gasteiger partial charge in [0.25, 0.3) is 0 Å². The van der Waals surface area contributed by atoms with Crippen LogP contribution >= 0.6 is 0 Å². The van der Waals surface area contributed by atoms with Crippen molar-refractivity contribution in [2.75, 3.05) is 36.5 Å². The molecule has 2 aromatic rings. The fourth-order valence-corrected chi connectivity index (χ4v) is 2.52. The Bertz CT molecular complexity index is 542. The minimum atomic E-state index is 0.805. The van der Waals surface area contributed by atoms with E-state index in [1.165, 1.54) is 11.4 Å². The molecular weight excluding hydrogens is 248 g/mol. The third kappa shape index (κ3) is 3.05. The van der Waals surface area contributed by atoms with E-state index in [1.54, 1.807) is 0 Å². The van der Waals surface area contributed by atoms with Crippen LogP contribution in [0.15, 0.2) is 54.6 Å². The lowest BCUT2D eigenvalue weighted by Crippen LogP contribution is -2.29. The monoisotopic (exact) mass is 268 g/mol. The first kappa shape index (κ1) is 12.9. The van der Waals surface area contributed by atoms with Gasteiger partial charge in [0, 0.05) is 25.3 Å². The Labute approximate surface area is 120 Å². The summed E-state index contributed by atoms with van der Waals surface area (Å²) < 4.78 is 5.78. The highest BCUT2D eigenvalue weighted by Gasteiger charge is 2.14. The summed E-state index contributed by atoms with van der Waals surface area (Å²) in [5.74, 6) is 1.00. The van der Waals surface area contributed by atoms with Crippen molar-refractivity contribution in [1.29, 1.82) is 0 Å². The van der Waals surface area contributed by atoms with Gasteiger partial charge in [0.1, 0.15) is 5.75 Å². The van der Waals surface area contributed by atoms with Crippen molar-refractivity contribution in [3.63, 3.8) is 0 Å². The minimum Gasteiger partial charge on any atom is -0.491 e. The number of rotatable bonds is 4. The average molecular weight is 268 g/mol. The van der Waals surface area contributed by atoms with Gasteiger partial charge in [0.2, 0.25) is 0 Å². The Morgan fingerprint density at radius 1 is 1.00 bits per heavy atom. The number of para-hydroxylation sites is 3. The van der Waals surface area contributed by atoms with Gasteiger partial charge in [-0.15, -0.1) is 0 Å². The van der Waals surface area contributed by atoms with Crippen LogP contribution in [0.5, 0.6) is 5.75 Å². The summed E-state index contributed by atoms with van der Waals surface area (Å²) in [5.41, 5.74) is 2.38. The van der Waals surface area contributed by atoms with Crippen molar-refractivity contribution in [3.05, 3.63) is 54.6 Å². The highest BCUT2D eigenvalue weighted by atomic mass is 16.5. The topological polar surface area (TPSA) is 24.5 Å². The Kier molecular flexibility index (Phi) is 4.07. The van der Waals surface area contributed by atoms with E-state index in [2.05, 4.69) is 52.7 Å². The summed E-state index contributed by atoms with van der Waals surface area (Å²) in [4.78, 5) is 2.40. The number of nitrogens with one attached hydrogen (secondary N) is 1. The van der Waals surface area contributed by atoms with Crippen molar-refractivity contribution < 1.29 is 4.74 Å². The van der Waals surface area contributed by atoms with Crippen molar-refractivity contribution >= 4 is 11.4 Å². The number of ether oxygens (including phenoxy) is 1. The van der Waals surface area contributed by atoms with Crippen LogP contribution < -0.4 is 15.0 Å². The average Bonchev–Trinajstić information content (AvgIpc) is 2.71. The van der Waals surface area contributed by atoms with Gasteiger partial charge in [0.05, 0.1) is 12.3 Å². The summed E-state index contributed by atoms with van der Waals surface area (Å²) in [6.07, 6.45) is 1.07. The molecule has 0 unspecified atom stereocenters. The first-order valence-corrected chi connectivity index (χ1v) is 7.19. The van der Waals surface area contributed by atoms with Gasteiger partial charge in [0.15, 0.2) is 0 Å². The van der Waals surface area contributed by atoms with E-state index < -0.39 is 0 Å². The molecule has 1 aliphatic heterocycles. The molecule has 3 heteroatoms. The molecule has 0 fully saturated rings. The van der Waals surface area contributed by atoms with Gasteiger partial charge in [-0.3, -0.25) is 0 Å². The number of fused-ring (bicyclic) bond motifs is 1. The lowest BCUT2D eigenvalue weighted by atomic mass is 10.2. The molecule has 3 nitrogen and oxygen atoms in total. The lowest BCUT2D eigenvalue weighted by molar-refractivity contribution is 0.322. The van der Waals surface area contributed by atoms with Crippen LogP contribution in [0.1, 0.15) is 6.42 Å². The molecule has 0 atom stereocenters. The normalized spacial score (nSPS) is 14.1. The first-order chi connectivity index (χ1) is 9.93. The highest BCUT2D eigenvalue weighted by molar-refractivity contribution is 5.59. The van der Waals surface area contributed by atoms with Crippen molar-refractivity contribution in [2.24, 2.45) is 0 Å². The quantitative estimate of drug-likeness (QED) is 0.920. The fraction of sp³-hybridized carbons (Fsp3) is 0.294. The molecule has 20 heavy (non-hydrogen) atoms. The molecule has 0 radical (unpaired) electrons. The van der Waals surface area contributed by atoms with E-state index in [-0.39, 0.29) is 0 Å². The van der Waals surface area contributed by atoms with Gasteiger partial charge in [-0.1, -0.05) is 30.3 Å². The Morgan fingerprint density at radius 3 is 2.70 bits per heavy atom. The number of hydrogen-bond donors (Lipinski definition) is 1. The van der Waals surface area contributed by atoms with E-state index in [0.717, 1.165) is 38.4 Å². The molecule has 1 N–H and O–H groups in total. The SMILES string of the molecule is c1ccc(NCCN2CCCOc3ccccc32)cc1. The third-order valence-corrected chi connectivity index (χ3v) is 3.52. The standard InChI is InChI=1S/C17H20N2O/c1-2-7-15(8-3-1)18-11-13-19-12-6-14-20-17-10-5-4-9-16(17)19/h1-5,7-10,18H,6,11-14H2. The highest BCUT2D eigenvalue weighted by Crippen LogP contribution is 2.30. The molecule has 0 aromatic heterocycles. The van der Waals surface area contributed by atoms with Crippen LogP contribution in [0.3, 0.4) is 0 Å².